The van der Waals surface area contributed by atoms with Gasteiger partial charge in [-0.25, -0.2) is 4.98 Å². The molecule has 1 saturated heterocycles. The summed E-state index contributed by atoms with van der Waals surface area (Å²) in [6.07, 6.45) is 0.962. The van der Waals surface area contributed by atoms with Gasteiger partial charge in [0, 0.05) is 24.3 Å². The van der Waals surface area contributed by atoms with Crippen molar-refractivity contribution in [3.05, 3.63) is 27.9 Å². The van der Waals surface area contributed by atoms with Crippen LogP contribution in [0.1, 0.15) is 19.0 Å². The molecule has 2 unspecified atom stereocenters. The van der Waals surface area contributed by atoms with E-state index in [0.717, 1.165) is 18.7 Å². The third-order valence-electron chi connectivity index (χ3n) is 3.46. The Bertz CT molecular complexity index is 463. The van der Waals surface area contributed by atoms with Gasteiger partial charge in [0.1, 0.15) is 0 Å². The van der Waals surface area contributed by atoms with Crippen LogP contribution in [-0.2, 0) is 0 Å². The summed E-state index contributed by atoms with van der Waals surface area (Å²) in [4.78, 5) is 17.0. The van der Waals surface area contributed by atoms with Crippen molar-refractivity contribution in [3.8, 4) is 0 Å². The molecule has 98 valence electrons. The highest BCUT2D eigenvalue weighted by atomic mass is 16.6. The van der Waals surface area contributed by atoms with Crippen molar-refractivity contribution >= 4 is 11.5 Å². The van der Waals surface area contributed by atoms with Crippen LogP contribution in [0.4, 0.5) is 11.5 Å². The van der Waals surface area contributed by atoms with Crippen LogP contribution in [0.15, 0.2) is 12.1 Å². The number of hydrogen-bond donors (Lipinski definition) is 1. The Morgan fingerprint density at radius 3 is 2.89 bits per heavy atom. The molecule has 2 N–H and O–H groups in total. The Labute approximate surface area is 106 Å². The average Bonchev–Trinajstić information content (AvgIpc) is 2.70. The number of aromatic nitrogens is 1. The predicted molar refractivity (Wildman–Crippen MR) is 69.6 cm³/mol. The fourth-order valence-electron chi connectivity index (χ4n) is 2.50. The van der Waals surface area contributed by atoms with E-state index in [1.165, 1.54) is 6.07 Å². The fraction of sp³-hybridized carbons (Fsp3) is 0.583. The second-order valence-corrected chi connectivity index (χ2v) is 4.89. The standard InChI is InChI=1S/C12H18N4O2/c1-8-3-4-11(16(17)18)12(14-8)15-7-10(6-13)5-9(15)2/h3-4,9-10H,5-7,13H2,1-2H3. The molecule has 18 heavy (non-hydrogen) atoms. The molecule has 0 saturated carbocycles. The van der Waals surface area contributed by atoms with Crippen molar-refractivity contribution in [2.75, 3.05) is 18.0 Å². The van der Waals surface area contributed by atoms with Crippen LogP contribution < -0.4 is 10.6 Å². The third kappa shape index (κ3) is 2.28. The maximum Gasteiger partial charge on any atom is 0.311 e. The third-order valence-corrected chi connectivity index (χ3v) is 3.46. The number of pyridine rings is 1. The van der Waals surface area contributed by atoms with E-state index in [0.29, 0.717) is 18.3 Å². The quantitative estimate of drug-likeness (QED) is 0.648. The molecule has 1 aliphatic heterocycles. The summed E-state index contributed by atoms with van der Waals surface area (Å²) in [5, 5.41) is 11.1. The van der Waals surface area contributed by atoms with Gasteiger partial charge in [-0.05, 0) is 38.8 Å². The van der Waals surface area contributed by atoms with Crippen molar-refractivity contribution in [2.24, 2.45) is 11.7 Å². The largest absolute Gasteiger partial charge is 0.348 e. The molecule has 1 aliphatic rings. The van der Waals surface area contributed by atoms with Gasteiger partial charge in [-0.1, -0.05) is 0 Å². The van der Waals surface area contributed by atoms with E-state index in [2.05, 4.69) is 11.9 Å². The Hall–Kier alpha value is -1.69. The molecule has 1 aromatic heterocycles. The number of nitrogens with two attached hydrogens (primary N) is 1. The SMILES string of the molecule is Cc1ccc([N+](=O)[O-])c(N2CC(CN)CC2C)n1. The number of hydrogen-bond acceptors (Lipinski definition) is 5. The van der Waals surface area contributed by atoms with Crippen molar-refractivity contribution in [1.29, 1.82) is 0 Å². The molecule has 0 spiro atoms. The maximum absolute atomic E-state index is 11.1. The number of anilines is 1. The van der Waals surface area contributed by atoms with E-state index in [4.69, 9.17) is 5.73 Å². The molecule has 1 fully saturated rings. The molecule has 6 heteroatoms. The summed E-state index contributed by atoms with van der Waals surface area (Å²) in [5.41, 5.74) is 6.55. The molecule has 0 amide bonds. The van der Waals surface area contributed by atoms with Crippen molar-refractivity contribution in [1.82, 2.24) is 4.98 Å². The second kappa shape index (κ2) is 4.89. The van der Waals surface area contributed by atoms with E-state index in [1.54, 1.807) is 6.07 Å². The smallest absolute Gasteiger partial charge is 0.311 e. The van der Waals surface area contributed by atoms with Gasteiger partial charge in [-0.2, -0.15) is 0 Å². The van der Waals surface area contributed by atoms with Gasteiger partial charge in [0.15, 0.2) is 0 Å². The lowest BCUT2D eigenvalue weighted by Crippen LogP contribution is -2.29. The summed E-state index contributed by atoms with van der Waals surface area (Å²) in [7, 11) is 0. The number of nitro groups is 1. The van der Waals surface area contributed by atoms with E-state index >= 15 is 0 Å². The van der Waals surface area contributed by atoms with Crippen LogP contribution in [-0.4, -0.2) is 29.0 Å². The molecule has 0 radical (unpaired) electrons. The Morgan fingerprint density at radius 1 is 1.61 bits per heavy atom. The molecule has 2 atom stereocenters. The monoisotopic (exact) mass is 250 g/mol. The van der Waals surface area contributed by atoms with Gasteiger partial charge >= 0.3 is 5.69 Å². The van der Waals surface area contributed by atoms with Crippen molar-refractivity contribution in [2.45, 2.75) is 26.3 Å². The molecule has 1 aromatic rings. The van der Waals surface area contributed by atoms with Crippen LogP contribution in [0, 0.1) is 23.0 Å². The first-order valence-electron chi connectivity index (χ1n) is 6.11. The first-order chi connectivity index (χ1) is 8.52. The molecular weight excluding hydrogens is 232 g/mol. The van der Waals surface area contributed by atoms with Crippen molar-refractivity contribution in [3.63, 3.8) is 0 Å². The highest BCUT2D eigenvalue weighted by molar-refractivity contribution is 5.59. The van der Waals surface area contributed by atoms with E-state index in [9.17, 15) is 10.1 Å². The summed E-state index contributed by atoms with van der Waals surface area (Å²) < 4.78 is 0. The topological polar surface area (TPSA) is 85.3 Å². The zero-order valence-corrected chi connectivity index (χ0v) is 10.7. The normalized spacial score (nSPS) is 23.4. The first kappa shape index (κ1) is 12.8. The Morgan fingerprint density at radius 2 is 2.33 bits per heavy atom. The molecule has 6 nitrogen and oxygen atoms in total. The van der Waals surface area contributed by atoms with Gasteiger partial charge in [0.2, 0.25) is 5.82 Å². The lowest BCUT2D eigenvalue weighted by Gasteiger charge is -2.22. The predicted octanol–water partition coefficient (Wildman–Crippen LogP) is 1.47. The van der Waals surface area contributed by atoms with Gasteiger partial charge in [0.05, 0.1) is 4.92 Å². The Balaban J connectivity index is 2.38. The van der Waals surface area contributed by atoms with Gasteiger partial charge in [-0.3, -0.25) is 10.1 Å². The van der Waals surface area contributed by atoms with Gasteiger partial charge in [-0.15, -0.1) is 0 Å². The van der Waals surface area contributed by atoms with Crippen LogP contribution in [0.5, 0.6) is 0 Å². The maximum atomic E-state index is 11.1. The summed E-state index contributed by atoms with van der Waals surface area (Å²) in [6.45, 7) is 5.26. The van der Waals surface area contributed by atoms with Crippen LogP contribution in [0.2, 0.25) is 0 Å². The number of aryl methyl sites for hydroxylation is 1. The zero-order valence-electron chi connectivity index (χ0n) is 10.7. The van der Waals surface area contributed by atoms with Crippen LogP contribution >= 0.6 is 0 Å². The number of rotatable bonds is 3. The molecule has 0 bridgehead atoms. The first-order valence-corrected chi connectivity index (χ1v) is 6.11. The average molecular weight is 250 g/mol. The van der Waals surface area contributed by atoms with Crippen molar-refractivity contribution < 1.29 is 4.92 Å². The van der Waals surface area contributed by atoms with E-state index < -0.39 is 0 Å². The number of nitrogens with zero attached hydrogens (tertiary/aromatic N) is 3. The highest BCUT2D eigenvalue weighted by Crippen LogP contribution is 2.33. The highest BCUT2D eigenvalue weighted by Gasteiger charge is 2.33. The second-order valence-electron chi connectivity index (χ2n) is 4.89. The van der Waals surface area contributed by atoms with Gasteiger partial charge < -0.3 is 10.6 Å². The minimum Gasteiger partial charge on any atom is -0.348 e. The van der Waals surface area contributed by atoms with E-state index in [1.807, 2.05) is 11.8 Å². The molecule has 0 aromatic carbocycles. The minimum atomic E-state index is -0.371. The minimum absolute atomic E-state index is 0.0742. The van der Waals surface area contributed by atoms with Crippen LogP contribution in [0.25, 0.3) is 0 Å². The summed E-state index contributed by atoms with van der Waals surface area (Å²) >= 11 is 0. The molecule has 2 rings (SSSR count). The molecular formula is C12H18N4O2. The van der Waals surface area contributed by atoms with Crippen LogP contribution in [0.3, 0.4) is 0 Å². The zero-order chi connectivity index (χ0) is 13.3. The van der Waals surface area contributed by atoms with E-state index in [-0.39, 0.29) is 16.7 Å². The fourth-order valence-corrected chi connectivity index (χ4v) is 2.50. The lowest BCUT2D eigenvalue weighted by molar-refractivity contribution is -0.384. The Kier molecular flexibility index (Phi) is 3.47. The molecule has 0 aliphatic carbocycles. The lowest BCUT2D eigenvalue weighted by atomic mass is 10.1. The summed E-state index contributed by atoms with van der Waals surface area (Å²) in [5.74, 6) is 0.866. The summed E-state index contributed by atoms with van der Waals surface area (Å²) in [6, 6.07) is 3.44. The van der Waals surface area contributed by atoms with Gasteiger partial charge in [0.25, 0.3) is 0 Å². The molecule has 2 heterocycles.